The molecule has 1 aromatic carbocycles. The fraction of sp³-hybridized carbons (Fsp3) is 0.500. The SMILES string of the molecule is CN1CCCC(N(C)c2cc(Br)ccc2C(=O)O)C1. The van der Waals surface area contributed by atoms with Crippen LogP contribution in [0.4, 0.5) is 5.69 Å². The molecule has 1 N–H and O–H groups in total. The molecule has 1 saturated heterocycles. The standard InChI is InChI=1S/C14H19BrN2O2/c1-16-7-3-4-11(9-16)17(2)13-8-10(15)5-6-12(13)14(18)19/h5-6,8,11H,3-4,7,9H2,1-2H3,(H,18,19). The molecule has 0 aliphatic carbocycles. The summed E-state index contributed by atoms with van der Waals surface area (Å²) in [7, 11) is 4.09. The van der Waals surface area contributed by atoms with Crippen molar-refractivity contribution in [1.29, 1.82) is 0 Å². The first kappa shape index (κ1) is 14.3. The van der Waals surface area contributed by atoms with Gasteiger partial charge in [-0.15, -0.1) is 0 Å². The van der Waals surface area contributed by atoms with E-state index in [1.165, 1.54) is 0 Å². The largest absolute Gasteiger partial charge is 0.478 e. The van der Waals surface area contributed by atoms with Gasteiger partial charge in [-0.05, 0) is 44.6 Å². The van der Waals surface area contributed by atoms with Gasteiger partial charge in [0.2, 0.25) is 0 Å². The van der Waals surface area contributed by atoms with Crippen LogP contribution in [0.5, 0.6) is 0 Å². The molecule has 2 rings (SSSR count). The van der Waals surface area contributed by atoms with Crippen LogP contribution >= 0.6 is 15.9 Å². The van der Waals surface area contributed by atoms with E-state index in [0.29, 0.717) is 11.6 Å². The third-order valence-corrected chi connectivity index (χ3v) is 4.21. The zero-order valence-electron chi connectivity index (χ0n) is 11.3. The van der Waals surface area contributed by atoms with Crippen molar-refractivity contribution in [2.45, 2.75) is 18.9 Å². The van der Waals surface area contributed by atoms with E-state index in [9.17, 15) is 9.90 Å². The summed E-state index contributed by atoms with van der Waals surface area (Å²) in [6, 6.07) is 5.68. The molecule has 1 aliphatic heterocycles. The summed E-state index contributed by atoms with van der Waals surface area (Å²) < 4.78 is 0.906. The van der Waals surface area contributed by atoms with Crippen LogP contribution in [-0.4, -0.2) is 49.2 Å². The molecule has 19 heavy (non-hydrogen) atoms. The molecule has 1 aromatic rings. The average Bonchev–Trinajstić information content (AvgIpc) is 2.37. The third-order valence-electron chi connectivity index (χ3n) is 3.72. The molecule has 0 aromatic heterocycles. The Balaban J connectivity index is 2.29. The highest BCUT2D eigenvalue weighted by molar-refractivity contribution is 9.10. The lowest BCUT2D eigenvalue weighted by molar-refractivity contribution is 0.0697. The quantitative estimate of drug-likeness (QED) is 0.927. The number of anilines is 1. The molecule has 1 aliphatic rings. The highest BCUT2D eigenvalue weighted by atomic mass is 79.9. The average molecular weight is 327 g/mol. The fourth-order valence-corrected chi connectivity index (χ4v) is 2.98. The molecular weight excluding hydrogens is 308 g/mol. The van der Waals surface area contributed by atoms with Crippen molar-refractivity contribution in [3.8, 4) is 0 Å². The Hall–Kier alpha value is -1.07. The van der Waals surface area contributed by atoms with E-state index in [2.05, 4.69) is 32.8 Å². The molecule has 104 valence electrons. The minimum Gasteiger partial charge on any atom is -0.478 e. The van der Waals surface area contributed by atoms with Crippen molar-refractivity contribution < 1.29 is 9.90 Å². The zero-order chi connectivity index (χ0) is 14.0. The molecule has 1 fully saturated rings. The summed E-state index contributed by atoms with van der Waals surface area (Å²) in [5, 5.41) is 9.30. The smallest absolute Gasteiger partial charge is 0.337 e. The molecule has 5 heteroatoms. The maximum Gasteiger partial charge on any atom is 0.337 e. The number of carbonyl (C=O) groups is 1. The molecule has 1 heterocycles. The Morgan fingerprint density at radius 2 is 2.26 bits per heavy atom. The number of halogens is 1. The summed E-state index contributed by atoms with van der Waals surface area (Å²) in [5.41, 5.74) is 1.14. The van der Waals surface area contributed by atoms with E-state index in [-0.39, 0.29) is 0 Å². The molecule has 0 saturated carbocycles. The summed E-state index contributed by atoms with van der Waals surface area (Å²) in [6.45, 7) is 2.09. The van der Waals surface area contributed by atoms with Crippen LogP contribution in [0.25, 0.3) is 0 Å². The third kappa shape index (κ3) is 3.28. The highest BCUT2D eigenvalue weighted by Crippen LogP contribution is 2.28. The Kier molecular flexibility index (Phi) is 4.47. The van der Waals surface area contributed by atoms with Crippen LogP contribution in [0.15, 0.2) is 22.7 Å². The van der Waals surface area contributed by atoms with Crippen LogP contribution in [0, 0.1) is 0 Å². The van der Waals surface area contributed by atoms with E-state index < -0.39 is 5.97 Å². The number of benzene rings is 1. The maximum absolute atomic E-state index is 11.3. The molecule has 4 nitrogen and oxygen atoms in total. The number of hydrogen-bond donors (Lipinski definition) is 1. The maximum atomic E-state index is 11.3. The summed E-state index contributed by atoms with van der Waals surface area (Å²) in [4.78, 5) is 15.7. The number of likely N-dealkylation sites (N-methyl/N-ethyl adjacent to an activating group) is 2. The van der Waals surface area contributed by atoms with Crippen LogP contribution in [0.3, 0.4) is 0 Å². The molecular formula is C14H19BrN2O2. The van der Waals surface area contributed by atoms with Crippen LogP contribution < -0.4 is 4.90 Å². The lowest BCUT2D eigenvalue weighted by Crippen LogP contribution is -2.45. The second-order valence-corrected chi connectivity index (χ2v) is 6.05. The van der Waals surface area contributed by atoms with Gasteiger partial charge in [0.15, 0.2) is 0 Å². The van der Waals surface area contributed by atoms with Gasteiger partial charge in [-0.1, -0.05) is 15.9 Å². The summed E-state index contributed by atoms with van der Waals surface area (Å²) in [6.07, 6.45) is 2.26. The van der Waals surface area contributed by atoms with E-state index in [1.807, 2.05) is 13.1 Å². The van der Waals surface area contributed by atoms with Gasteiger partial charge in [0, 0.05) is 24.1 Å². The van der Waals surface area contributed by atoms with E-state index >= 15 is 0 Å². The molecule has 0 spiro atoms. The van der Waals surface area contributed by atoms with Crippen molar-refractivity contribution in [3.63, 3.8) is 0 Å². The van der Waals surface area contributed by atoms with Crippen molar-refractivity contribution in [1.82, 2.24) is 4.90 Å². The fourth-order valence-electron chi connectivity index (χ4n) is 2.63. The number of hydrogen-bond acceptors (Lipinski definition) is 3. The number of likely N-dealkylation sites (tertiary alicyclic amines) is 1. The number of aromatic carboxylic acids is 1. The minimum absolute atomic E-state index is 0.360. The Morgan fingerprint density at radius 3 is 2.89 bits per heavy atom. The van der Waals surface area contributed by atoms with E-state index in [4.69, 9.17) is 0 Å². The molecule has 1 atom stereocenters. The first-order valence-electron chi connectivity index (χ1n) is 6.43. The van der Waals surface area contributed by atoms with Crippen molar-refractivity contribution in [3.05, 3.63) is 28.2 Å². The van der Waals surface area contributed by atoms with Crippen LogP contribution in [0.2, 0.25) is 0 Å². The predicted octanol–water partition coefficient (Wildman–Crippen LogP) is 2.68. The van der Waals surface area contributed by atoms with Gasteiger partial charge in [-0.3, -0.25) is 0 Å². The van der Waals surface area contributed by atoms with Crippen molar-refractivity contribution >= 4 is 27.6 Å². The Morgan fingerprint density at radius 1 is 1.53 bits per heavy atom. The predicted molar refractivity (Wildman–Crippen MR) is 80.0 cm³/mol. The summed E-state index contributed by atoms with van der Waals surface area (Å²) in [5.74, 6) is -0.876. The first-order chi connectivity index (χ1) is 8.99. The lowest BCUT2D eigenvalue weighted by Gasteiger charge is -2.37. The van der Waals surface area contributed by atoms with Gasteiger partial charge in [-0.25, -0.2) is 4.79 Å². The molecule has 1 unspecified atom stereocenters. The number of rotatable bonds is 3. The normalized spacial score (nSPS) is 20.3. The number of carboxylic acids is 1. The molecule has 0 amide bonds. The molecule has 0 bridgehead atoms. The highest BCUT2D eigenvalue weighted by Gasteiger charge is 2.24. The Bertz CT molecular complexity index is 479. The first-order valence-corrected chi connectivity index (χ1v) is 7.22. The van der Waals surface area contributed by atoms with Crippen molar-refractivity contribution in [2.24, 2.45) is 0 Å². The Labute approximate surface area is 122 Å². The van der Waals surface area contributed by atoms with Gasteiger partial charge in [0.25, 0.3) is 0 Å². The van der Waals surface area contributed by atoms with E-state index in [0.717, 1.165) is 36.1 Å². The second-order valence-electron chi connectivity index (χ2n) is 5.14. The topological polar surface area (TPSA) is 43.8 Å². The lowest BCUT2D eigenvalue weighted by atomic mass is 10.0. The number of carboxylic acid groups (broad SMARTS) is 1. The van der Waals surface area contributed by atoms with Crippen LogP contribution in [0.1, 0.15) is 23.2 Å². The van der Waals surface area contributed by atoms with Gasteiger partial charge >= 0.3 is 5.97 Å². The van der Waals surface area contributed by atoms with Crippen LogP contribution in [-0.2, 0) is 0 Å². The number of piperidine rings is 1. The number of nitrogens with zero attached hydrogens (tertiary/aromatic N) is 2. The second kappa shape index (κ2) is 5.92. The van der Waals surface area contributed by atoms with E-state index in [1.54, 1.807) is 12.1 Å². The minimum atomic E-state index is -0.876. The monoisotopic (exact) mass is 326 g/mol. The van der Waals surface area contributed by atoms with Gasteiger partial charge < -0.3 is 14.9 Å². The van der Waals surface area contributed by atoms with Gasteiger partial charge in [0.1, 0.15) is 0 Å². The van der Waals surface area contributed by atoms with Gasteiger partial charge in [0.05, 0.1) is 11.3 Å². The zero-order valence-corrected chi connectivity index (χ0v) is 12.9. The summed E-state index contributed by atoms with van der Waals surface area (Å²) >= 11 is 3.42. The van der Waals surface area contributed by atoms with Gasteiger partial charge in [-0.2, -0.15) is 0 Å². The molecule has 0 radical (unpaired) electrons. The van der Waals surface area contributed by atoms with Crippen molar-refractivity contribution in [2.75, 3.05) is 32.1 Å².